The smallest absolute Gasteiger partial charge is 0.223 e. The number of nitrogens with zero attached hydrogens (tertiary/aromatic N) is 2. The normalized spacial score (nSPS) is 23.4. The lowest BCUT2D eigenvalue weighted by molar-refractivity contribution is 0.536. The summed E-state index contributed by atoms with van der Waals surface area (Å²) >= 11 is 0. The largest absolute Gasteiger partial charge is 0.354 e. The molecule has 1 aliphatic carbocycles. The second-order valence-electron chi connectivity index (χ2n) is 5.42. The summed E-state index contributed by atoms with van der Waals surface area (Å²) in [5.74, 6) is 2.43. The quantitative estimate of drug-likeness (QED) is 0.894. The van der Waals surface area contributed by atoms with Gasteiger partial charge in [-0.05, 0) is 30.7 Å². The molecule has 1 aliphatic rings. The molecular formula is C15H19N3. The fourth-order valence-corrected chi connectivity index (χ4v) is 2.80. The van der Waals surface area contributed by atoms with Gasteiger partial charge < -0.3 is 5.32 Å². The molecule has 0 aliphatic heterocycles. The van der Waals surface area contributed by atoms with Crippen LogP contribution in [0.25, 0.3) is 10.9 Å². The first-order valence-corrected chi connectivity index (χ1v) is 6.77. The van der Waals surface area contributed by atoms with Gasteiger partial charge in [-0.25, -0.2) is 9.97 Å². The van der Waals surface area contributed by atoms with Gasteiger partial charge in [0, 0.05) is 18.1 Å². The third-order valence-electron chi connectivity index (χ3n) is 3.84. The standard InChI is InChI=1S/C15H19N3/c1-11-6-7-12(8-11)9-16-15-17-10-13-4-2-3-5-14(13)18-15/h2-5,10-12H,6-9H2,1H3,(H,16,17,18). The molecule has 2 aromatic rings. The zero-order valence-corrected chi connectivity index (χ0v) is 10.8. The van der Waals surface area contributed by atoms with E-state index in [1.54, 1.807) is 0 Å². The van der Waals surface area contributed by atoms with Crippen LogP contribution in [0.5, 0.6) is 0 Å². The van der Waals surface area contributed by atoms with Crippen LogP contribution in [0.15, 0.2) is 30.5 Å². The predicted octanol–water partition coefficient (Wildman–Crippen LogP) is 3.48. The van der Waals surface area contributed by atoms with Crippen molar-refractivity contribution in [1.29, 1.82) is 0 Å². The van der Waals surface area contributed by atoms with Crippen LogP contribution < -0.4 is 5.32 Å². The molecule has 0 radical (unpaired) electrons. The maximum atomic E-state index is 4.53. The summed E-state index contributed by atoms with van der Waals surface area (Å²) in [4.78, 5) is 8.90. The Morgan fingerprint density at radius 3 is 3.00 bits per heavy atom. The number of anilines is 1. The van der Waals surface area contributed by atoms with Crippen molar-refractivity contribution in [3.05, 3.63) is 30.5 Å². The molecule has 2 atom stereocenters. The molecular weight excluding hydrogens is 222 g/mol. The van der Waals surface area contributed by atoms with E-state index < -0.39 is 0 Å². The van der Waals surface area contributed by atoms with Gasteiger partial charge in [-0.2, -0.15) is 0 Å². The highest BCUT2D eigenvalue weighted by Crippen LogP contribution is 2.30. The van der Waals surface area contributed by atoms with Gasteiger partial charge in [0.25, 0.3) is 0 Å². The topological polar surface area (TPSA) is 37.8 Å². The molecule has 1 saturated carbocycles. The molecule has 0 bridgehead atoms. The molecule has 1 aromatic heterocycles. The van der Waals surface area contributed by atoms with Crippen LogP contribution in [0.4, 0.5) is 5.95 Å². The van der Waals surface area contributed by atoms with Gasteiger partial charge >= 0.3 is 0 Å². The van der Waals surface area contributed by atoms with Crippen molar-refractivity contribution >= 4 is 16.9 Å². The van der Waals surface area contributed by atoms with E-state index in [1.165, 1.54) is 19.3 Å². The molecule has 94 valence electrons. The first kappa shape index (κ1) is 11.5. The monoisotopic (exact) mass is 241 g/mol. The van der Waals surface area contributed by atoms with Crippen molar-refractivity contribution < 1.29 is 0 Å². The Labute approximate surface area is 108 Å². The molecule has 0 spiro atoms. The van der Waals surface area contributed by atoms with Gasteiger partial charge in [0.2, 0.25) is 5.95 Å². The fraction of sp³-hybridized carbons (Fsp3) is 0.467. The van der Waals surface area contributed by atoms with Crippen LogP contribution in [0.2, 0.25) is 0 Å². The number of benzene rings is 1. The zero-order chi connectivity index (χ0) is 12.4. The van der Waals surface area contributed by atoms with E-state index in [9.17, 15) is 0 Å². The second-order valence-corrected chi connectivity index (χ2v) is 5.42. The molecule has 1 heterocycles. The van der Waals surface area contributed by atoms with Crippen LogP contribution in [0.1, 0.15) is 26.2 Å². The van der Waals surface area contributed by atoms with Crippen molar-refractivity contribution in [3.8, 4) is 0 Å². The predicted molar refractivity (Wildman–Crippen MR) is 74.5 cm³/mol. The van der Waals surface area contributed by atoms with Crippen LogP contribution in [0.3, 0.4) is 0 Å². The van der Waals surface area contributed by atoms with E-state index in [1.807, 2.05) is 30.5 Å². The molecule has 2 unspecified atom stereocenters. The molecule has 1 fully saturated rings. The average Bonchev–Trinajstić information content (AvgIpc) is 2.82. The fourth-order valence-electron chi connectivity index (χ4n) is 2.80. The molecule has 1 N–H and O–H groups in total. The number of hydrogen-bond donors (Lipinski definition) is 1. The molecule has 18 heavy (non-hydrogen) atoms. The Hall–Kier alpha value is -1.64. The minimum absolute atomic E-state index is 0.758. The molecule has 3 heteroatoms. The summed E-state index contributed by atoms with van der Waals surface area (Å²) in [5.41, 5.74) is 1.01. The number of para-hydroxylation sites is 1. The maximum absolute atomic E-state index is 4.53. The first-order valence-electron chi connectivity index (χ1n) is 6.77. The third kappa shape index (κ3) is 2.45. The lowest BCUT2D eigenvalue weighted by Crippen LogP contribution is -2.13. The van der Waals surface area contributed by atoms with Crippen molar-refractivity contribution in [2.45, 2.75) is 26.2 Å². The van der Waals surface area contributed by atoms with Crippen molar-refractivity contribution in [2.24, 2.45) is 11.8 Å². The number of hydrogen-bond acceptors (Lipinski definition) is 3. The highest BCUT2D eigenvalue weighted by molar-refractivity contribution is 5.78. The van der Waals surface area contributed by atoms with E-state index in [0.29, 0.717) is 0 Å². The Morgan fingerprint density at radius 2 is 2.17 bits per heavy atom. The van der Waals surface area contributed by atoms with Crippen molar-refractivity contribution in [1.82, 2.24) is 9.97 Å². The molecule has 0 saturated heterocycles. The lowest BCUT2D eigenvalue weighted by atomic mass is 10.1. The average molecular weight is 241 g/mol. The SMILES string of the molecule is CC1CCC(CNc2ncc3ccccc3n2)C1. The summed E-state index contributed by atoms with van der Waals surface area (Å²) in [6.07, 6.45) is 5.93. The minimum Gasteiger partial charge on any atom is -0.354 e. The highest BCUT2D eigenvalue weighted by atomic mass is 15.1. The van der Waals surface area contributed by atoms with Crippen molar-refractivity contribution in [2.75, 3.05) is 11.9 Å². The summed E-state index contributed by atoms with van der Waals surface area (Å²) in [6.45, 7) is 3.34. The summed E-state index contributed by atoms with van der Waals surface area (Å²) in [6, 6.07) is 8.09. The van der Waals surface area contributed by atoms with Gasteiger partial charge in [-0.3, -0.25) is 0 Å². The summed E-state index contributed by atoms with van der Waals surface area (Å²) < 4.78 is 0. The minimum atomic E-state index is 0.758. The lowest BCUT2D eigenvalue weighted by Gasteiger charge is -2.11. The molecule has 3 nitrogen and oxygen atoms in total. The third-order valence-corrected chi connectivity index (χ3v) is 3.84. The Kier molecular flexibility index (Phi) is 3.13. The van der Waals surface area contributed by atoms with Gasteiger partial charge in [0.05, 0.1) is 5.52 Å². The Balaban J connectivity index is 1.67. The van der Waals surface area contributed by atoms with Crippen LogP contribution in [-0.4, -0.2) is 16.5 Å². The zero-order valence-electron chi connectivity index (χ0n) is 10.8. The van der Waals surface area contributed by atoms with Crippen molar-refractivity contribution in [3.63, 3.8) is 0 Å². The molecule has 0 amide bonds. The van der Waals surface area contributed by atoms with E-state index in [0.717, 1.165) is 35.2 Å². The molecule has 1 aromatic carbocycles. The first-order chi connectivity index (χ1) is 8.81. The molecule has 3 rings (SSSR count). The number of nitrogens with one attached hydrogen (secondary N) is 1. The van der Waals surface area contributed by atoms with Gasteiger partial charge in [0.15, 0.2) is 0 Å². The Bertz CT molecular complexity index is 538. The second kappa shape index (κ2) is 4.92. The van der Waals surface area contributed by atoms with Gasteiger partial charge in [-0.1, -0.05) is 31.5 Å². The van der Waals surface area contributed by atoms with Gasteiger partial charge in [0.1, 0.15) is 0 Å². The number of rotatable bonds is 3. The van der Waals surface area contributed by atoms with Crippen LogP contribution in [0, 0.1) is 11.8 Å². The van der Waals surface area contributed by atoms with Gasteiger partial charge in [-0.15, -0.1) is 0 Å². The van der Waals surface area contributed by atoms with E-state index in [4.69, 9.17) is 0 Å². The van der Waals surface area contributed by atoms with E-state index >= 15 is 0 Å². The summed E-state index contributed by atoms with van der Waals surface area (Å²) in [5, 5.41) is 4.47. The highest BCUT2D eigenvalue weighted by Gasteiger charge is 2.20. The van der Waals surface area contributed by atoms with E-state index in [-0.39, 0.29) is 0 Å². The summed E-state index contributed by atoms with van der Waals surface area (Å²) in [7, 11) is 0. The number of aromatic nitrogens is 2. The van der Waals surface area contributed by atoms with Crippen LogP contribution in [-0.2, 0) is 0 Å². The van der Waals surface area contributed by atoms with E-state index in [2.05, 4.69) is 22.2 Å². The Morgan fingerprint density at radius 1 is 1.28 bits per heavy atom. The number of fused-ring (bicyclic) bond motifs is 1. The maximum Gasteiger partial charge on any atom is 0.223 e. The van der Waals surface area contributed by atoms with Crippen LogP contribution >= 0.6 is 0 Å².